The van der Waals surface area contributed by atoms with Gasteiger partial charge in [-0.3, -0.25) is 0 Å². The summed E-state index contributed by atoms with van der Waals surface area (Å²) >= 11 is 7.18. The first kappa shape index (κ1) is 14.5. The third-order valence-corrected chi connectivity index (χ3v) is 8.01. The van der Waals surface area contributed by atoms with E-state index in [2.05, 4.69) is 38.1 Å². The molecule has 0 atom stereocenters. The monoisotopic (exact) mass is 302 g/mol. The van der Waals surface area contributed by atoms with Gasteiger partial charge >= 0.3 is 0 Å². The maximum atomic E-state index is 5.79. The number of benzene rings is 1. The van der Waals surface area contributed by atoms with Gasteiger partial charge in [-0.05, 0) is 23.8 Å². The molecule has 0 N–H and O–H groups in total. The molecule has 1 aliphatic rings. The van der Waals surface area contributed by atoms with Gasteiger partial charge < -0.3 is 9.05 Å². The van der Waals surface area contributed by atoms with Gasteiger partial charge in [0.05, 0.1) is 13.2 Å². The molecule has 1 saturated heterocycles. The van der Waals surface area contributed by atoms with Crippen LogP contribution in [-0.2, 0) is 27.3 Å². The Morgan fingerprint density at radius 1 is 1.22 bits per heavy atom. The van der Waals surface area contributed by atoms with E-state index in [0.29, 0.717) is 13.2 Å². The Morgan fingerprint density at radius 3 is 2.44 bits per heavy atom. The van der Waals surface area contributed by atoms with Crippen LogP contribution in [0.3, 0.4) is 0 Å². The molecule has 0 unspecified atom stereocenters. The Morgan fingerprint density at radius 2 is 1.83 bits per heavy atom. The van der Waals surface area contributed by atoms with Crippen LogP contribution in [0.25, 0.3) is 0 Å². The highest BCUT2D eigenvalue weighted by atomic mass is 32.9. The molecule has 18 heavy (non-hydrogen) atoms. The Balaban J connectivity index is 1.79. The van der Waals surface area contributed by atoms with Gasteiger partial charge in [-0.1, -0.05) is 55.6 Å². The molecule has 0 radical (unpaired) electrons. The molecule has 100 valence electrons. The number of rotatable bonds is 4. The predicted octanol–water partition coefficient (Wildman–Crippen LogP) is 4.26. The van der Waals surface area contributed by atoms with Crippen LogP contribution in [0.4, 0.5) is 0 Å². The maximum Gasteiger partial charge on any atom is 0.247 e. The van der Waals surface area contributed by atoms with E-state index < -0.39 is 5.69 Å². The second kappa shape index (κ2) is 6.06. The zero-order chi connectivity index (χ0) is 13.1. The first-order valence-corrected chi connectivity index (χ1v) is 10.3. The van der Waals surface area contributed by atoms with Crippen LogP contribution in [-0.4, -0.2) is 19.0 Å². The maximum absolute atomic E-state index is 5.79. The average Bonchev–Trinajstić information content (AvgIpc) is 2.35. The minimum absolute atomic E-state index is 0.0995. The molecule has 2 rings (SSSR count). The van der Waals surface area contributed by atoms with Crippen LogP contribution in [0, 0.1) is 5.41 Å². The van der Waals surface area contributed by atoms with E-state index in [1.807, 2.05) is 6.07 Å². The second-order valence-electron chi connectivity index (χ2n) is 5.23. The molecular weight excluding hydrogens is 283 g/mol. The van der Waals surface area contributed by atoms with Crippen LogP contribution in [0.15, 0.2) is 30.3 Å². The topological polar surface area (TPSA) is 18.5 Å². The quantitative estimate of drug-likeness (QED) is 0.773. The third kappa shape index (κ3) is 4.36. The molecule has 1 aliphatic heterocycles. The summed E-state index contributed by atoms with van der Waals surface area (Å²) in [5, 5.41) is 0. The van der Waals surface area contributed by atoms with E-state index in [1.165, 1.54) is 5.56 Å². The molecule has 0 aliphatic carbocycles. The van der Waals surface area contributed by atoms with Gasteiger partial charge in [0.1, 0.15) is 0 Å². The van der Waals surface area contributed by atoms with Crippen molar-refractivity contribution in [3.63, 3.8) is 0 Å². The van der Waals surface area contributed by atoms with Crippen molar-refractivity contribution in [2.24, 2.45) is 5.41 Å². The molecule has 0 saturated carbocycles. The van der Waals surface area contributed by atoms with Crippen molar-refractivity contribution in [3.8, 4) is 0 Å². The van der Waals surface area contributed by atoms with Crippen molar-refractivity contribution in [1.82, 2.24) is 0 Å². The van der Waals surface area contributed by atoms with Crippen molar-refractivity contribution in [2.45, 2.75) is 20.3 Å². The molecule has 1 fully saturated rings. The fourth-order valence-corrected chi connectivity index (χ4v) is 6.07. The molecule has 0 aromatic heterocycles. The predicted molar refractivity (Wildman–Crippen MR) is 82.6 cm³/mol. The first-order chi connectivity index (χ1) is 8.49. The molecular formula is C13H19O2PS2. The highest BCUT2D eigenvalue weighted by Crippen LogP contribution is 2.64. The summed E-state index contributed by atoms with van der Waals surface area (Å²) in [5.74, 6) is 0.960. The van der Waals surface area contributed by atoms with Crippen LogP contribution in [0.1, 0.15) is 19.4 Å². The Labute approximate surface area is 118 Å². The van der Waals surface area contributed by atoms with Crippen molar-refractivity contribution in [3.05, 3.63) is 35.9 Å². The van der Waals surface area contributed by atoms with E-state index in [-0.39, 0.29) is 5.41 Å². The standard InChI is InChI=1S/C13H19O2PS2/c1-13(2)10-14-16(17,15-11-13)18-9-8-12-6-4-3-5-7-12/h3-7H,8-11H2,1-2H3. The largest absolute Gasteiger partial charge is 0.321 e. The minimum atomic E-state index is -2.08. The molecule has 1 aromatic carbocycles. The van der Waals surface area contributed by atoms with Gasteiger partial charge in [0.2, 0.25) is 5.69 Å². The van der Waals surface area contributed by atoms with E-state index >= 15 is 0 Å². The smallest absolute Gasteiger partial charge is 0.247 e. The van der Waals surface area contributed by atoms with Crippen LogP contribution >= 0.6 is 17.1 Å². The third-order valence-electron chi connectivity index (χ3n) is 2.71. The fourth-order valence-electron chi connectivity index (χ4n) is 1.58. The summed E-state index contributed by atoms with van der Waals surface area (Å²) < 4.78 is 11.6. The van der Waals surface area contributed by atoms with Crippen LogP contribution < -0.4 is 0 Å². The zero-order valence-corrected chi connectivity index (χ0v) is 13.3. The van der Waals surface area contributed by atoms with Gasteiger partial charge in [0, 0.05) is 11.2 Å². The number of aryl methyl sites for hydroxylation is 1. The average molecular weight is 302 g/mol. The van der Waals surface area contributed by atoms with Crippen molar-refractivity contribution < 1.29 is 9.05 Å². The number of hydrogen-bond acceptors (Lipinski definition) is 4. The van der Waals surface area contributed by atoms with Crippen molar-refractivity contribution >= 4 is 28.9 Å². The minimum Gasteiger partial charge on any atom is -0.321 e. The van der Waals surface area contributed by atoms with Crippen molar-refractivity contribution in [2.75, 3.05) is 19.0 Å². The summed E-state index contributed by atoms with van der Waals surface area (Å²) in [5.41, 5.74) is -0.644. The first-order valence-electron chi connectivity index (χ1n) is 6.07. The van der Waals surface area contributed by atoms with Crippen LogP contribution in [0.2, 0.25) is 0 Å². The lowest BCUT2D eigenvalue weighted by atomic mass is 9.97. The number of hydrogen-bond donors (Lipinski definition) is 0. The van der Waals surface area contributed by atoms with Gasteiger partial charge in [0.25, 0.3) is 0 Å². The van der Waals surface area contributed by atoms with E-state index in [1.54, 1.807) is 11.4 Å². The normalized spacial score (nSPS) is 21.7. The van der Waals surface area contributed by atoms with Gasteiger partial charge in [-0.25, -0.2) is 0 Å². The lowest BCUT2D eigenvalue weighted by Gasteiger charge is -2.35. The van der Waals surface area contributed by atoms with E-state index in [9.17, 15) is 0 Å². The molecule has 0 bridgehead atoms. The van der Waals surface area contributed by atoms with Gasteiger partial charge in [-0.15, -0.1) is 0 Å². The summed E-state index contributed by atoms with van der Waals surface area (Å²) in [4.78, 5) is 0. The summed E-state index contributed by atoms with van der Waals surface area (Å²) in [6, 6.07) is 10.4. The zero-order valence-electron chi connectivity index (χ0n) is 10.8. The van der Waals surface area contributed by atoms with E-state index in [4.69, 9.17) is 20.9 Å². The molecule has 1 aromatic rings. The second-order valence-corrected chi connectivity index (χ2v) is 11.7. The summed E-state index contributed by atoms with van der Waals surface area (Å²) in [7, 11) is 0. The van der Waals surface area contributed by atoms with Crippen LogP contribution in [0.5, 0.6) is 0 Å². The van der Waals surface area contributed by atoms with Gasteiger partial charge in [-0.2, -0.15) is 0 Å². The molecule has 0 spiro atoms. The SMILES string of the molecule is CC1(C)COP(=S)(SCCc2ccccc2)OC1. The van der Waals surface area contributed by atoms with Crippen molar-refractivity contribution in [1.29, 1.82) is 0 Å². The highest BCUT2D eigenvalue weighted by molar-refractivity contribution is 8.67. The molecule has 2 nitrogen and oxygen atoms in total. The Bertz CT molecular complexity index is 420. The van der Waals surface area contributed by atoms with Gasteiger partial charge in [0.15, 0.2) is 0 Å². The lowest BCUT2D eigenvalue weighted by molar-refractivity contribution is 0.0672. The fraction of sp³-hybridized carbons (Fsp3) is 0.538. The molecule has 1 heterocycles. The highest BCUT2D eigenvalue weighted by Gasteiger charge is 2.33. The summed E-state index contributed by atoms with van der Waals surface area (Å²) in [6.07, 6.45) is 1.01. The van der Waals surface area contributed by atoms with E-state index in [0.717, 1.165) is 12.2 Å². The Kier molecular flexibility index (Phi) is 4.90. The Hall–Kier alpha value is 0.140. The molecule has 0 amide bonds. The lowest BCUT2D eigenvalue weighted by Crippen LogP contribution is -2.28. The summed E-state index contributed by atoms with van der Waals surface area (Å²) in [6.45, 7) is 5.70. The molecule has 5 heteroatoms.